The minimum absolute atomic E-state index is 0.281. The lowest BCUT2D eigenvalue weighted by molar-refractivity contribution is -0.122. The van der Waals surface area contributed by atoms with Crippen molar-refractivity contribution in [2.45, 2.75) is 45.6 Å². The molecule has 0 saturated heterocycles. The summed E-state index contributed by atoms with van der Waals surface area (Å²) in [4.78, 5) is 26.0. The minimum Gasteiger partial charge on any atom is -0.481 e. The monoisotopic (exact) mass is 373 g/mol. The highest BCUT2D eigenvalue weighted by Crippen LogP contribution is 2.38. The number of aryl methyl sites for hydroxylation is 2. The van der Waals surface area contributed by atoms with Crippen LogP contribution in [0.3, 0.4) is 0 Å². The standard InChI is InChI=1S/C20H23NO4S/c1-12-8-4-6-10-15(12)25-13(2)18(22)21-19-17(20(23)24-3)14-9-5-7-11-16(14)26-19/h4,6,8,10,13H,5,7,9,11H2,1-3H3,(H,21,22). The summed E-state index contributed by atoms with van der Waals surface area (Å²) < 4.78 is 10.7. The Morgan fingerprint density at radius 3 is 2.65 bits per heavy atom. The number of carbonyl (C=O) groups is 2. The molecule has 0 radical (unpaired) electrons. The zero-order chi connectivity index (χ0) is 18.7. The fourth-order valence-corrected chi connectivity index (χ4v) is 4.40. The first-order valence-corrected chi connectivity index (χ1v) is 9.59. The van der Waals surface area contributed by atoms with Gasteiger partial charge in [0.15, 0.2) is 6.10 Å². The molecule has 1 amide bonds. The number of hydrogen-bond donors (Lipinski definition) is 1. The number of hydrogen-bond acceptors (Lipinski definition) is 5. The van der Waals surface area contributed by atoms with Crippen LogP contribution in [0.2, 0.25) is 0 Å². The minimum atomic E-state index is -0.680. The summed E-state index contributed by atoms with van der Waals surface area (Å²) in [5, 5.41) is 3.44. The summed E-state index contributed by atoms with van der Waals surface area (Å²) in [5.41, 5.74) is 2.49. The van der Waals surface area contributed by atoms with Crippen molar-refractivity contribution in [2.75, 3.05) is 12.4 Å². The van der Waals surface area contributed by atoms with E-state index in [9.17, 15) is 9.59 Å². The van der Waals surface area contributed by atoms with Crippen molar-refractivity contribution in [1.29, 1.82) is 0 Å². The van der Waals surface area contributed by atoms with E-state index in [0.717, 1.165) is 36.8 Å². The molecule has 5 nitrogen and oxygen atoms in total. The van der Waals surface area contributed by atoms with Crippen molar-refractivity contribution in [1.82, 2.24) is 0 Å². The van der Waals surface area contributed by atoms with Gasteiger partial charge in [-0.05, 0) is 56.7 Å². The summed E-state index contributed by atoms with van der Waals surface area (Å²) in [6.07, 6.45) is 3.26. The number of methoxy groups -OCH3 is 1. The molecule has 6 heteroatoms. The average Bonchev–Trinajstić information content (AvgIpc) is 3.00. The Labute approximate surface area is 157 Å². The van der Waals surface area contributed by atoms with Crippen LogP contribution >= 0.6 is 11.3 Å². The second-order valence-electron chi connectivity index (χ2n) is 6.42. The number of esters is 1. The van der Waals surface area contributed by atoms with Crippen molar-refractivity contribution in [2.24, 2.45) is 0 Å². The largest absolute Gasteiger partial charge is 0.481 e. The van der Waals surface area contributed by atoms with Gasteiger partial charge in [-0.25, -0.2) is 4.79 Å². The van der Waals surface area contributed by atoms with Gasteiger partial charge in [-0.2, -0.15) is 0 Å². The molecule has 1 aliphatic rings. The number of anilines is 1. The van der Waals surface area contributed by atoms with E-state index in [1.807, 2.05) is 31.2 Å². The van der Waals surface area contributed by atoms with Crippen LogP contribution in [0.1, 0.15) is 46.1 Å². The highest BCUT2D eigenvalue weighted by molar-refractivity contribution is 7.17. The molecule has 1 N–H and O–H groups in total. The van der Waals surface area contributed by atoms with Crippen LogP contribution in [0.15, 0.2) is 24.3 Å². The molecule has 26 heavy (non-hydrogen) atoms. The maximum absolute atomic E-state index is 12.6. The Morgan fingerprint density at radius 2 is 1.92 bits per heavy atom. The number of nitrogens with one attached hydrogen (secondary N) is 1. The van der Waals surface area contributed by atoms with Crippen LogP contribution in [0, 0.1) is 6.92 Å². The molecule has 3 rings (SSSR count). The fourth-order valence-electron chi connectivity index (χ4n) is 3.12. The molecule has 1 heterocycles. The van der Waals surface area contributed by atoms with E-state index < -0.39 is 12.1 Å². The highest BCUT2D eigenvalue weighted by Gasteiger charge is 2.28. The third kappa shape index (κ3) is 3.75. The van der Waals surface area contributed by atoms with E-state index in [1.54, 1.807) is 6.92 Å². The van der Waals surface area contributed by atoms with Gasteiger partial charge in [0.1, 0.15) is 10.8 Å². The Balaban J connectivity index is 1.79. The van der Waals surface area contributed by atoms with Gasteiger partial charge in [-0.3, -0.25) is 4.79 Å². The third-order valence-corrected chi connectivity index (χ3v) is 5.77. The van der Waals surface area contributed by atoms with Crippen molar-refractivity contribution < 1.29 is 19.1 Å². The van der Waals surface area contributed by atoms with Crippen LogP contribution < -0.4 is 10.1 Å². The molecule has 1 atom stereocenters. The van der Waals surface area contributed by atoms with Crippen LogP contribution in [-0.2, 0) is 22.4 Å². The van der Waals surface area contributed by atoms with Crippen molar-refractivity contribution in [3.8, 4) is 5.75 Å². The number of thiophene rings is 1. The number of carbonyl (C=O) groups excluding carboxylic acids is 2. The number of benzene rings is 1. The van der Waals surface area contributed by atoms with Crippen LogP contribution in [-0.4, -0.2) is 25.1 Å². The van der Waals surface area contributed by atoms with Crippen LogP contribution in [0.25, 0.3) is 0 Å². The molecule has 1 aromatic carbocycles. The van der Waals surface area contributed by atoms with Gasteiger partial charge in [0.05, 0.1) is 12.7 Å². The summed E-state index contributed by atoms with van der Waals surface area (Å²) in [7, 11) is 1.37. The molecule has 0 spiro atoms. The quantitative estimate of drug-likeness (QED) is 0.801. The zero-order valence-electron chi connectivity index (χ0n) is 15.3. The van der Waals surface area contributed by atoms with Gasteiger partial charge in [-0.1, -0.05) is 18.2 Å². The van der Waals surface area contributed by atoms with Gasteiger partial charge in [0.2, 0.25) is 0 Å². The summed E-state index contributed by atoms with van der Waals surface area (Å²) in [6, 6.07) is 7.56. The smallest absolute Gasteiger partial charge is 0.341 e. The topological polar surface area (TPSA) is 64.6 Å². The van der Waals surface area contributed by atoms with Gasteiger partial charge in [0.25, 0.3) is 5.91 Å². The fraction of sp³-hybridized carbons (Fsp3) is 0.400. The first kappa shape index (κ1) is 18.5. The third-order valence-electron chi connectivity index (χ3n) is 4.56. The molecule has 2 aromatic rings. The predicted molar refractivity (Wildman–Crippen MR) is 102 cm³/mol. The lowest BCUT2D eigenvalue weighted by Crippen LogP contribution is -2.30. The van der Waals surface area contributed by atoms with E-state index in [1.165, 1.54) is 23.3 Å². The van der Waals surface area contributed by atoms with Crippen molar-refractivity contribution in [3.63, 3.8) is 0 Å². The van der Waals surface area contributed by atoms with E-state index >= 15 is 0 Å². The van der Waals surface area contributed by atoms with Crippen LogP contribution in [0.5, 0.6) is 5.75 Å². The normalized spacial score (nSPS) is 14.3. The first-order valence-electron chi connectivity index (χ1n) is 8.77. The number of amides is 1. The van der Waals surface area contributed by atoms with Gasteiger partial charge in [-0.15, -0.1) is 11.3 Å². The van der Waals surface area contributed by atoms with Gasteiger partial charge >= 0.3 is 5.97 Å². The summed E-state index contributed by atoms with van der Waals surface area (Å²) in [5.74, 6) is -0.00186. The molecule has 0 fully saturated rings. The number of fused-ring (bicyclic) bond motifs is 1. The molecule has 0 aliphatic heterocycles. The maximum atomic E-state index is 12.6. The Morgan fingerprint density at radius 1 is 1.19 bits per heavy atom. The summed E-state index contributed by atoms with van der Waals surface area (Å²) in [6.45, 7) is 3.63. The number of rotatable bonds is 5. The second kappa shape index (κ2) is 7.91. The van der Waals surface area contributed by atoms with Gasteiger partial charge < -0.3 is 14.8 Å². The molecule has 138 valence electrons. The second-order valence-corrected chi connectivity index (χ2v) is 7.53. The van der Waals surface area contributed by atoms with Crippen molar-refractivity contribution in [3.05, 3.63) is 45.8 Å². The molecule has 1 aromatic heterocycles. The number of para-hydroxylation sites is 1. The van der Waals surface area contributed by atoms with E-state index in [4.69, 9.17) is 9.47 Å². The summed E-state index contributed by atoms with van der Waals surface area (Å²) >= 11 is 1.47. The Bertz CT molecular complexity index is 827. The predicted octanol–water partition coefficient (Wildman–Crippen LogP) is 4.13. The van der Waals surface area contributed by atoms with Crippen molar-refractivity contribution >= 4 is 28.2 Å². The molecular weight excluding hydrogens is 350 g/mol. The first-order chi connectivity index (χ1) is 12.5. The Kier molecular flexibility index (Phi) is 5.61. The molecule has 1 aliphatic carbocycles. The highest BCUT2D eigenvalue weighted by atomic mass is 32.1. The van der Waals surface area contributed by atoms with E-state index in [-0.39, 0.29) is 5.91 Å². The molecular formula is C20H23NO4S. The number of ether oxygens (including phenoxy) is 2. The van der Waals surface area contributed by atoms with Gasteiger partial charge in [0, 0.05) is 4.88 Å². The van der Waals surface area contributed by atoms with Crippen LogP contribution in [0.4, 0.5) is 5.00 Å². The molecule has 0 saturated carbocycles. The van der Waals surface area contributed by atoms with E-state index in [0.29, 0.717) is 16.3 Å². The van der Waals surface area contributed by atoms with E-state index in [2.05, 4.69) is 5.32 Å². The lowest BCUT2D eigenvalue weighted by atomic mass is 9.95. The zero-order valence-corrected chi connectivity index (χ0v) is 16.1. The Hall–Kier alpha value is -2.34. The molecule has 1 unspecified atom stereocenters. The lowest BCUT2D eigenvalue weighted by Gasteiger charge is -2.16. The maximum Gasteiger partial charge on any atom is 0.341 e. The molecule has 0 bridgehead atoms. The average molecular weight is 373 g/mol. The SMILES string of the molecule is COC(=O)c1c(NC(=O)C(C)Oc2ccccc2C)sc2c1CCCC2.